The van der Waals surface area contributed by atoms with Crippen LogP contribution in [0.15, 0.2) is 186 Å². The Balaban J connectivity index is 1.14. The number of benzene rings is 7. The van der Waals surface area contributed by atoms with Crippen LogP contribution in [0.5, 0.6) is 0 Å². The van der Waals surface area contributed by atoms with Crippen LogP contribution in [0.3, 0.4) is 0 Å². The van der Waals surface area contributed by atoms with E-state index < -0.39 is 16.1 Å². The maximum absolute atomic E-state index is 5.67. The molecule has 56 heavy (non-hydrogen) atoms. The molecule has 2 nitrogen and oxygen atoms in total. The van der Waals surface area contributed by atoms with Crippen molar-refractivity contribution in [2.24, 2.45) is 9.98 Å². The highest BCUT2D eigenvalue weighted by molar-refractivity contribution is 7.04. The van der Waals surface area contributed by atoms with E-state index in [1.54, 1.807) is 0 Å². The lowest BCUT2D eigenvalue weighted by atomic mass is 9.92. The highest BCUT2D eigenvalue weighted by Crippen LogP contribution is 2.40. The minimum absolute atomic E-state index is 0.232. The molecule has 1 atom stereocenters. The van der Waals surface area contributed by atoms with Crippen LogP contribution in [-0.2, 0) is 0 Å². The summed E-state index contributed by atoms with van der Waals surface area (Å²) in [6, 6.07) is 60.1. The first kappa shape index (κ1) is 34.5. The lowest BCUT2D eigenvalue weighted by molar-refractivity contribution is 0.841. The van der Waals surface area contributed by atoms with Gasteiger partial charge in [0.25, 0.3) is 0 Å². The maximum Gasteiger partial charge on any atom is 0.155 e. The van der Waals surface area contributed by atoms with E-state index in [2.05, 4.69) is 190 Å². The molecular formula is C52H44N2Si2. The minimum atomic E-state index is -2.03. The van der Waals surface area contributed by atoms with Crippen LogP contribution in [-0.4, -0.2) is 27.7 Å². The molecule has 0 aliphatic carbocycles. The second-order valence-corrected chi connectivity index (χ2v) is 25.3. The fourth-order valence-electron chi connectivity index (χ4n) is 9.49. The van der Waals surface area contributed by atoms with Crippen molar-refractivity contribution < 1.29 is 0 Å². The molecule has 10 rings (SSSR count). The van der Waals surface area contributed by atoms with Crippen LogP contribution in [0.4, 0.5) is 0 Å². The molecule has 7 aromatic rings. The molecule has 0 bridgehead atoms. The zero-order chi connectivity index (χ0) is 38.2. The highest BCUT2D eigenvalue weighted by Gasteiger charge is 2.40. The molecule has 270 valence electrons. The van der Waals surface area contributed by atoms with Crippen molar-refractivity contribution in [3.05, 3.63) is 193 Å². The molecule has 0 N–H and O–H groups in total. The molecule has 3 aliphatic heterocycles. The number of aliphatic imine (C=N–C) groups is 2. The highest BCUT2D eigenvalue weighted by atomic mass is 28.3. The average Bonchev–Trinajstić information content (AvgIpc) is 3.50. The van der Waals surface area contributed by atoms with E-state index in [-0.39, 0.29) is 6.04 Å². The summed E-state index contributed by atoms with van der Waals surface area (Å²) in [7, 11) is -4.06. The van der Waals surface area contributed by atoms with E-state index in [1.807, 2.05) is 0 Å². The third-order valence-corrected chi connectivity index (χ3v) is 19.6. The molecule has 0 radical (unpaired) electrons. The van der Waals surface area contributed by atoms with Crippen molar-refractivity contribution in [2.75, 3.05) is 0 Å². The summed E-state index contributed by atoms with van der Waals surface area (Å²) in [5.41, 5.74) is 15.9. The third-order valence-electron chi connectivity index (χ3n) is 12.5. The number of fused-ring (bicyclic) bond motifs is 6. The van der Waals surface area contributed by atoms with Crippen LogP contribution < -0.4 is 20.7 Å². The number of nitrogens with zero attached hydrogens (tertiary/aromatic N) is 2. The molecule has 3 heterocycles. The van der Waals surface area contributed by atoms with Gasteiger partial charge in [-0.05, 0) is 88.0 Å². The Bertz CT molecular complexity index is 2780. The Morgan fingerprint density at radius 3 is 1.75 bits per heavy atom. The van der Waals surface area contributed by atoms with E-state index in [9.17, 15) is 0 Å². The lowest BCUT2D eigenvalue weighted by Gasteiger charge is -2.22. The maximum atomic E-state index is 5.67. The van der Waals surface area contributed by atoms with Crippen LogP contribution in [0.25, 0.3) is 44.5 Å². The molecule has 4 heteroatoms. The Labute approximate surface area is 332 Å². The predicted molar refractivity (Wildman–Crippen MR) is 244 cm³/mol. The van der Waals surface area contributed by atoms with Gasteiger partial charge in [0.1, 0.15) is 16.1 Å². The van der Waals surface area contributed by atoms with Gasteiger partial charge >= 0.3 is 0 Å². The number of hydrogen-bond donors (Lipinski definition) is 0. The zero-order valence-electron chi connectivity index (χ0n) is 32.5. The predicted octanol–water partition coefficient (Wildman–Crippen LogP) is 10.6. The van der Waals surface area contributed by atoms with E-state index in [0.717, 1.165) is 28.2 Å². The first-order valence-electron chi connectivity index (χ1n) is 19.8. The van der Waals surface area contributed by atoms with Crippen molar-refractivity contribution in [1.82, 2.24) is 0 Å². The zero-order valence-corrected chi connectivity index (χ0v) is 34.5. The Hall–Kier alpha value is -5.95. The minimum Gasteiger partial charge on any atom is -0.253 e. The summed E-state index contributed by atoms with van der Waals surface area (Å²) in [6.07, 6.45) is 0.655. The van der Waals surface area contributed by atoms with Gasteiger partial charge in [-0.15, -0.1) is 0 Å². The number of rotatable bonds is 5. The monoisotopic (exact) mass is 752 g/mol. The Kier molecular flexibility index (Phi) is 8.07. The van der Waals surface area contributed by atoms with Crippen LogP contribution in [0.2, 0.25) is 26.2 Å². The molecule has 1 unspecified atom stereocenters. The van der Waals surface area contributed by atoms with Crippen molar-refractivity contribution in [2.45, 2.75) is 38.7 Å². The van der Waals surface area contributed by atoms with Crippen LogP contribution >= 0.6 is 0 Å². The van der Waals surface area contributed by atoms with Crippen LogP contribution in [0.1, 0.15) is 29.2 Å². The summed E-state index contributed by atoms with van der Waals surface area (Å²) < 4.78 is 0. The first-order chi connectivity index (χ1) is 27.2. The van der Waals surface area contributed by atoms with Gasteiger partial charge in [-0.2, -0.15) is 0 Å². The molecule has 0 saturated carbocycles. The molecular weight excluding hydrogens is 709 g/mol. The SMILES string of the molecule is C=C1CC(c2ccccc2)=NC(c2cc(-c3ccccc3)c3c(c2)[Si](C)(C)c2ccccc2-3)=NC1c1ccc2c(c1)[Si](C)(C)c1cc(-c3ccccc3)ccc1-2. The lowest BCUT2D eigenvalue weighted by Crippen LogP contribution is -2.49. The van der Waals surface area contributed by atoms with E-state index in [4.69, 9.17) is 16.6 Å². The molecule has 0 fully saturated rings. The van der Waals surface area contributed by atoms with Gasteiger partial charge in [0.2, 0.25) is 0 Å². The van der Waals surface area contributed by atoms with E-state index in [1.165, 1.54) is 70.8 Å². The molecule has 3 aliphatic rings. The molecule has 0 amide bonds. The van der Waals surface area contributed by atoms with Gasteiger partial charge in [-0.3, -0.25) is 4.99 Å². The summed E-state index contributed by atoms with van der Waals surface area (Å²) >= 11 is 0. The third kappa shape index (κ3) is 5.50. The summed E-state index contributed by atoms with van der Waals surface area (Å²) in [4.78, 5) is 11.2. The second kappa shape index (κ2) is 13.1. The largest absolute Gasteiger partial charge is 0.253 e. The smallest absolute Gasteiger partial charge is 0.155 e. The standard InChI is InChI=1S/C52H44N2Si2/c1-34-29-45(37-21-13-8-14-22-37)53-52(40-30-44(36-19-11-7-12-20-36)50-43-23-15-16-24-46(43)55(2,3)49(50)33-40)54-51(34)39-26-28-42-41-27-25-38(35-17-9-6-10-18-35)31-47(41)56(4,5)48(42)32-39/h6-28,30-33,51H,1,29H2,2-5H3. The van der Waals surface area contributed by atoms with E-state index >= 15 is 0 Å². The number of amidine groups is 1. The van der Waals surface area contributed by atoms with Crippen molar-refractivity contribution in [3.63, 3.8) is 0 Å². The summed E-state index contributed by atoms with van der Waals surface area (Å²) in [5, 5.41) is 5.92. The topological polar surface area (TPSA) is 24.7 Å². The molecule has 0 saturated heterocycles. The summed E-state index contributed by atoms with van der Waals surface area (Å²) in [6.45, 7) is 14.7. The van der Waals surface area contributed by atoms with Crippen molar-refractivity contribution >= 4 is 48.4 Å². The molecule has 7 aromatic carbocycles. The fraction of sp³-hybridized carbons (Fsp3) is 0.115. The number of hydrogen-bond acceptors (Lipinski definition) is 2. The molecule has 0 aromatic heterocycles. The van der Waals surface area contributed by atoms with E-state index in [0.29, 0.717) is 6.42 Å². The summed E-state index contributed by atoms with van der Waals surface area (Å²) in [5.74, 6) is 0.779. The average molecular weight is 753 g/mol. The molecule has 0 spiro atoms. The van der Waals surface area contributed by atoms with Crippen molar-refractivity contribution in [1.29, 1.82) is 0 Å². The van der Waals surface area contributed by atoms with Gasteiger partial charge in [-0.25, -0.2) is 4.99 Å². The first-order valence-corrected chi connectivity index (χ1v) is 25.8. The van der Waals surface area contributed by atoms with Gasteiger partial charge in [0.05, 0.1) is 11.8 Å². The normalized spacial score (nSPS) is 17.2. The van der Waals surface area contributed by atoms with Gasteiger partial charge < -0.3 is 0 Å². The van der Waals surface area contributed by atoms with Crippen molar-refractivity contribution in [3.8, 4) is 44.5 Å². The van der Waals surface area contributed by atoms with Gasteiger partial charge in [0, 0.05) is 12.0 Å². The van der Waals surface area contributed by atoms with Gasteiger partial charge in [0.15, 0.2) is 5.84 Å². The second-order valence-electron chi connectivity index (χ2n) is 16.7. The van der Waals surface area contributed by atoms with Gasteiger partial charge in [-0.1, -0.05) is 190 Å². The Morgan fingerprint density at radius 1 is 0.464 bits per heavy atom. The fourth-order valence-corrected chi connectivity index (χ4v) is 15.7. The quantitative estimate of drug-likeness (QED) is 0.124. The van der Waals surface area contributed by atoms with Crippen LogP contribution in [0, 0.1) is 0 Å². The Morgan fingerprint density at radius 2 is 1.04 bits per heavy atom.